The first kappa shape index (κ1) is 20.5. The number of nitrogens with zero attached hydrogens (tertiary/aromatic N) is 1. The zero-order valence-electron chi connectivity index (χ0n) is 13.4. The van der Waals surface area contributed by atoms with Crippen molar-refractivity contribution >= 4 is 36.0 Å². The van der Waals surface area contributed by atoms with Crippen LogP contribution >= 0.6 is 24.2 Å². The van der Waals surface area contributed by atoms with E-state index in [0.29, 0.717) is 24.6 Å². The van der Waals surface area contributed by atoms with Crippen LogP contribution in [0, 0.1) is 5.41 Å². The summed E-state index contributed by atoms with van der Waals surface area (Å²) in [5.74, 6) is 1.39. The Hall–Kier alpha value is -0.460. The second-order valence-electron chi connectivity index (χ2n) is 6.36. The van der Waals surface area contributed by atoms with Crippen molar-refractivity contribution < 1.29 is 9.59 Å². The Morgan fingerprint density at radius 3 is 2.52 bits per heavy atom. The van der Waals surface area contributed by atoms with Crippen molar-refractivity contribution in [2.45, 2.75) is 39.7 Å². The molecule has 0 spiro atoms. The van der Waals surface area contributed by atoms with Crippen LogP contribution in [-0.4, -0.2) is 54.5 Å². The standard InChI is InChI=1S/C14H27N3O2S.ClH/c1-14(2,3)8-12(18)17-10-20-9-11(17)13(19)16-7-5-6-15-4;/h11,15H,5-10H2,1-4H3,(H,16,19);1H. The minimum atomic E-state index is -0.301. The Morgan fingerprint density at radius 1 is 1.29 bits per heavy atom. The summed E-state index contributed by atoms with van der Waals surface area (Å²) in [5, 5.41) is 5.96. The fourth-order valence-electron chi connectivity index (χ4n) is 2.06. The lowest BCUT2D eigenvalue weighted by Gasteiger charge is -2.26. The van der Waals surface area contributed by atoms with Crippen molar-refractivity contribution in [3.05, 3.63) is 0 Å². The lowest BCUT2D eigenvalue weighted by atomic mass is 9.91. The number of hydrogen-bond donors (Lipinski definition) is 2. The maximum absolute atomic E-state index is 12.3. The summed E-state index contributed by atoms with van der Waals surface area (Å²) in [5.41, 5.74) is -0.0435. The molecule has 1 fully saturated rings. The lowest BCUT2D eigenvalue weighted by Crippen LogP contribution is -2.48. The maximum atomic E-state index is 12.3. The minimum absolute atomic E-state index is 0. The summed E-state index contributed by atoms with van der Waals surface area (Å²) in [6.45, 7) is 7.66. The molecule has 1 aliphatic heterocycles. The fraction of sp³-hybridized carbons (Fsp3) is 0.857. The SMILES string of the molecule is CNCCCNC(=O)C1CSCN1C(=O)CC(C)(C)C.Cl. The highest BCUT2D eigenvalue weighted by atomic mass is 35.5. The zero-order chi connectivity index (χ0) is 15.2. The predicted molar refractivity (Wildman–Crippen MR) is 90.8 cm³/mol. The average molecular weight is 338 g/mol. The van der Waals surface area contributed by atoms with Gasteiger partial charge in [0.1, 0.15) is 6.04 Å². The van der Waals surface area contributed by atoms with Gasteiger partial charge in [-0.25, -0.2) is 0 Å². The summed E-state index contributed by atoms with van der Waals surface area (Å²) in [6.07, 6.45) is 1.38. The first-order chi connectivity index (χ1) is 9.35. The molecule has 124 valence electrons. The summed E-state index contributed by atoms with van der Waals surface area (Å²) in [7, 11) is 1.89. The molecule has 21 heavy (non-hydrogen) atoms. The van der Waals surface area contributed by atoms with Crippen LogP contribution in [0.25, 0.3) is 0 Å². The van der Waals surface area contributed by atoms with E-state index >= 15 is 0 Å². The highest BCUT2D eigenvalue weighted by Gasteiger charge is 2.35. The number of rotatable bonds is 6. The van der Waals surface area contributed by atoms with Crippen molar-refractivity contribution in [3.63, 3.8) is 0 Å². The average Bonchev–Trinajstić information content (AvgIpc) is 2.81. The van der Waals surface area contributed by atoms with Gasteiger partial charge in [-0.3, -0.25) is 9.59 Å². The first-order valence-corrected chi connectivity index (χ1v) is 8.30. The van der Waals surface area contributed by atoms with Gasteiger partial charge in [0.25, 0.3) is 0 Å². The van der Waals surface area contributed by atoms with Gasteiger partial charge in [-0.05, 0) is 25.4 Å². The third-order valence-corrected chi connectivity index (χ3v) is 4.10. The van der Waals surface area contributed by atoms with Crippen molar-refractivity contribution in [1.29, 1.82) is 0 Å². The van der Waals surface area contributed by atoms with E-state index in [4.69, 9.17) is 0 Å². The van der Waals surface area contributed by atoms with Crippen LogP contribution in [0.15, 0.2) is 0 Å². The van der Waals surface area contributed by atoms with E-state index in [-0.39, 0.29) is 35.7 Å². The van der Waals surface area contributed by atoms with E-state index in [9.17, 15) is 9.59 Å². The normalized spacial score (nSPS) is 18.3. The molecule has 2 N–H and O–H groups in total. The summed E-state index contributed by atoms with van der Waals surface area (Å²) >= 11 is 1.65. The number of amides is 2. The highest BCUT2D eigenvalue weighted by molar-refractivity contribution is 7.99. The molecule has 1 heterocycles. The van der Waals surface area contributed by atoms with Crippen LogP contribution in [0.1, 0.15) is 33.6 Å². The molecule has 1 unspecified atom stereocenters. The largest absolute Gasteiger partial charge is 0.354 e. The van der Waals surface area contributed by atoms with Crippen molar-refractivity contribution in [1.82, 2.24) is 15.5 Å². The number of nitrogens with one attached hydrogen (secondary N) is 2. The molecular formula is C14H28ClN3O2S. The van der Waals surface area contributed by atoms with Gasteiger partial charge in [-0.15, -0.1) is 24.2 Å². The maximum Gasteiger partial charge on any atom is 0.243 e. The second kappa shape index (κ2) is 9.54. The van der Waals surface area contributed by atoms with Crippen LogP contribution in [-0.2, 0) is 9.59 Å². The molecule has 5 nitrogen and oxygen atoms in total. The number of thioether (sulfide) groups is 1. The van der Waals surface area contributed by atoms with Crippen LogP contribution in [0.3, 0.4) is 0 Å². The third kappa shape index (κ3) is 7.38. The Balaban J connectivity index is 0.00000400. The molecule has 0 aromatic rings. The quantitative estimate of drug-likeness (QED) is 0.721. The molecule has 1 atom stereocenters. The molecule has 2 amide bonds. The molecular weight excluding hydrogens is 310 g/mol. The lowest BCUT2D eigenvalue weighted by molar-refractivity contribution is -0.139. The summed E-state index contributed by atoms with van der Waals surface area (Å²) in [4.78, 5) is 26.2. The molecule has 0 aromatic carbocycles. The molecule has 0 bridgehead atoms. The van der Waals surface area contributed by atoms with Gasteiger partial charge in [-0.2, -0.15) is 0 Å². The number of carbonyl (C=O) groups excluding carboxylic acids is 2. The molecule has 0 radical (unpaired) electrons. The van der Waals surface area contributed by atoms with Gasteiger partial charge in [-0.1, -0.05) is 20.8 Å². The molecule has 1 saturated heterocycles. The Morgan fingerprint density at radius 2 is 1.95 bits per heavy atom. The van der Waals surface area contributed by atoms with Gasteiger partial charge >= 0.3 is 0 Å². The topological polar surface area (TPSA) is 61.4 Å². The smallest absolute Gasteiger partial charge is 0.243 e. The van der Waals surface area contributed by atoms with E-state index in [1.165, 1.54) is 0 Å². The van der Waals surface area contributed by atoms with E-state index < -0.39 is 0 Å². The number of carbonyl (C=O) groups is 2. The monoisotopic (exact) mass is 337 g/mol. The molecule has 0 aromatic heterocycles. The fourth-order valence-corrected chi connectivity index (χ4v) is 3.24. The van der Waals surface area contributed by atoms with Gasteiger partial charge in [0, 0.05) is 18.7 Å². The van der Waals surface area contributed by atoms with Crippen LogP contribution in [0.4, 0.5) is 0 Å². The molecule has 1 aliphatic rings. The predicted octanol–water partition coefficient (Wildman–Crippen LogP) is 1.47. The number of hydrogen-bond acceptors (Lipinski definition) is 4. The summed E-state index contributed by atoms with van der Waals surface area (Å²) < 4.78 is 0. The van der Waals surface area contributed by atoms with Gasteiger partial charge in [0.15, 0.2) is 0 Å². The second-order valence-corrected chi connectivity index (χ2v) is 7.36. The summed E-state index contributed by atoms with van der Waals surface area (Å²) in [6, 6.07) is -0.301. The minimum Gasteiger partial charge on any atom is -0.354 e. The Bertz CT molecular complexity index is 348. The highest BCUT2D eigenvalue weighted by Crippen LogP contribution is 2.26. The van der Waals surface area contributed by atoms with Crippen molar-refractivity contribution in [2.75, 3.05) is 31.8 Å². The number of halogens is 1. The van der Waals surface area contributed by atoms with E-state index in [0.717, 1.165) is 13.0 Å². The van der Waals surface area contributed by atoms with Crippen LogP contribution in [0.2, 0.25) is 0 Å². The van der Waals surface area contributed by atoms with E-state index in [1.807, 2.05) is 27.8 Å². The van der Waals surface area contributed by atoms with Gasteiger partial charge in [0.2, 0.25) is 11.8 Å². The van der Waals surface area contributed by atoms with E-state index in [2.05, 4.69) is 10.6 Å². The molecule has 7 heteroatoms. The van der Waals surface area contributed by atoms with Crippen molar-refractivity contribution in [2.24, 2.45) is 5.41 Å². The van der Waals surface area contributed by atoms with Crippen molar-refractivity contribution in [3.8, 4) is 0 Å². The van der Waals surface area contributed by atoms with E-state index in [1.54, 1.807) is 16.7 Å². The third-order valence-electron chi connectivity index (χ3n) is 3.09. The molecule has 1 rings (SSSR count). The van der Waals surface area contributed by atoms with Gasteiger partial charge in [0.05, 0.1) is 5.88 Å². The Labute approximate surface area is 138 Å². The van der Waals surface area contributed by atoms with Gasteiger partial charge < -0.3 is 15.5 Å². The zero-order valence-corrected chi connectivity index (χ0v) is 15.0. The van der Waals surface area contributed by atoms with Crippen LogP contribution < -0.4 is 10.6 Å². The Kier molecular flexibility index (Phi) is 9.33. The molecule has 0 saturated carbocycles. The first-order valence-electron chi connectivity index (χ1n) is 7.14. The van der Waals surface area contributed by atoms with Crippen LogP contribution in [0.5, 0.6) is 0 Å². The molecule has 0 aliphatic carbocycles.